The van der Waals surface area contributed by atoms with Crippen LogP contribution in [0.15, 0.2) is 24.3 Å². The Morgan fingerprint density at radius 1 is 1.22 bits per heavy atom. The maximum atomic E-state index is 12.1. The van der Waals surface area contributed by atoms with Gasteiger partial charge in [0.1, 0.15) is 0 Å². The number of hydrogen-bond acceptors (Lipinski definition) is 3. The molecule has 5 heteroatoms. The van der Waals surface area contributed by atoms with Gasteiger partial charge in [0, 0.05) is 11.7 Å². The quantitative estimate of drug-likeness (QED) is 0.880. The van der Waals surface area contributed by atoms with Crippen LogP contribution in [-0.2, 0) is 10.0 Å². The fourth-order valence-electron chi connectivity index (χ4n) is 2.30. The lowest BCUT2D eigenvalue weighted by atomic mass is 10.1. The highest BCUT2D eigenvalue weighted by Gasteiger charge is 2.28. The maximum absolute atomic E-state index is 12.1. The zero-order valence-electron chi connectivity index (χ0n) is 10.6. The van der Waals surface area contributed by atoms with Crippen LogP contribution in [0.2, 0.25) is 0 Å². The van der Waals surface area contributed by atoms with Crippen molar-refractivity contribution in [3.8, 4) is 0 Å². The number of anilines is 1. The van der Waals surface area contributed by atoms with Gasteiger partial charge in [0.15, 0.2) is 0 Å². The van der Waals surface area contributed by atoms with Crippen molar-refractivity contribution in [2.75, 3.05) is 4.72 Å². The summed E-state index contributed by atoms with van der Waals surface area (Å²) in [4.78, 5) is 0. The zero-order valence-corrected chi connectivity index (χ0v) is 11.4. The van der Waals surface area contributed by atoms with E-state index in [1.54, 1.807) is 12.1 Å². The molecule has 4 nitrogen and oxygen atoms in total. The van der Waals surface area contributed by atoms with E-state index in [1.807, 2.05) is 19.1 Å². The van der Waals surface area contributed by atoms with Crippen LogP contribution in [0.3, 0.4) is 0 Å². The Hall–Kier alpha value is -1.07. The largest absolute Gasteiger partial charge is 0.324 e. The Morgan fingerprint density at radius 3 is 2.28 bits per heavy atom. The van der Waals surface area contributed by atoms with E-state index in [-0.39, 0.29) is 11.3 Å². The molecule has 1 aromatic rings. The van der Waals surface area contributed by atoms with E-state index >= 15 is 0 Å². The standard InChI is InChI=1S/C13H20N2O2S/c1-10(14)11-6-8-12(9-7-11)15-18(16,17)13-4-2-3-5-13/h6-10,13,15H,2-5,14H2,1H3. The van der Waals surface area contributed by atoms with Crippen molar-refractivity contribution in [1.82, 2.24) is 0 Å². The van der Waals surface area contributed by atoms with Crippen molar-refractivity contribution in [2.45, 2.75) is 43.9 Å². The van der Waals surface area contributed by atoms with Crippen molar-refractivity contribution in [1.29, 1.82) is 0 Å². The number of benzene rings is 1. The highest BCUT2D eigenvalue weighted by Crippen LogP contribution is 2.26. The van der Waals surface area contributed by atoms with Crippen LogP contribution in [0.5, 0.6) is 0 Å². The van der Waals surface area contributed by atoms with Crippen LogP contribution in [-0.4, -0.2) is 13.7 Å². The summed E-state index contributed by atoms with van der Waals surface area (Å²) in [5, 5.41) is -0.231. The second-order valence-corrected chi connectivity index (χ2v) is 6.93. The highest BCUT2D eigenvalue weighted by atomic mass is 32.2. The molecule has 1 atom stereocenters. The first kappa shape index (κ1) is 13.4. The lowest BCUT2D eigenvalue weighted by molar-refractivity contribution is 0.585. The minimum atomic E-state index is -3.23. The van der Waals surface area contributed by atoms with Crippen LogP contribution in [0.25, 0.3) is 0 Å². The van der Waals surface area contributed by atoms with E-state index in [2.05, 4.69) is 4.72 Å². The van der Waals surface area contributed by atoms with Gasteiger partial charge in [-0.15, -0.1) is 0 Å². The van der Waals surface area contributed by atoms with Gasteiger partial charge >= 0.3 is 0 Å². The summed E-state index contributed by atoms with van der Waals surface area (Å²) in [6.45, 7) is 1.90. The van der Waals surface area contributed by atoms with Crippen LogP contribution in [0, 0.1) is 0 Å². The van der Waals surface area contributed by atoms with Gasteiger partial charge in [-0.2, -0.15) is 0 Å². The summed E-state index contributed by atoms with van der Waals surface area (Å²) in [5.74, 6) is 0. The summed E-state index contributed by atoms with van der Waals surface area (Å²) in [6.07, 6.45) is 3.56. The first-order chi connectivity index (χ1) is 8.49. The molecule has 18 heavy (non-hydrogen) atoms. The number of nitrogens with one attached hydrogen (secondary N) is 1. The molecule has 0 bridgehead atoms. The molecular formula is C13H20N2O2S. The van der Waals surface area contributed by atoms with E-state index in [1.165, 1.54) is 0 Å². The number of rotatable bonds is 4. The molecule has 1 fully saturated rings. The Labute approximate surface area is 109 Å². The number of sulfonamides is 1. The summed E-state index contributed by atoms with van der Waals surface area (Å²) in [6, 6.07) is 7.22. The molecule has 0 radical (unpaired) electrons. The summed E-state index contributed by atoms with van der Waals surface area (Å²) >= 11 is 0. The van der Waals surface area contributed by atoms with Gasteiger partial charge in [-0.25, -0.2) is 8.42 Å². The molecule has 0 saturated heterocycles. The Kier molecular flexibility index (Phi) is 3.92. The normalized spacial score (nSPS) is 18.8. The van der Waals surface area contributed by atoms with Gasteiger partial charge in [0.05, 0.1) is 5.25 Å². The number of nitrogens with two attached hydrogens (primary N) is 1. The van der Waals surface area contributed by atoms with Gasteiger partial charge < -0.3 is 5.73 Å². The molecule has 0 amide bonds. The molecule has 1 unspecified atom stereocenters. The second kappa shape index (κ2) is 5.28. The third-order valence-electron chi connectivity index (χ3n) is 3.44. The van der Waals surface area contributed by atoms with Crippen molar-refractivity contribution < 1.29 is 8.42 Å². The predicted octanol–water partition coefficient (Wildman–Crippen LogP) is 2.39. The number of hydrogen-bond donors (Lipinski definition) is 2. The van der Waals surface area contributed by atoms with E-state index in [4.69, 9.17) is 5.73 Å². The lowest BCUT2D eigenvalue weighted by Crippen LogP contribution is -2.25. The van der Waals surface area contributed by atoms with Crippen LogP contribution >= 0.6 is 0 Å². The molecule has 0 spiro atoms. The first-order valence-electron chi connectivity index (χ1n) is 6.36. The molecule has 1 saturated carbocycles. The molecule has 100 valence electrons. The Balaban J connectivity index is 2.09. The molecule has 1 aliphatic carbocycles. The van der Waals surface area contributed by atoms with E-state index < -0.39 is 10.0 Å². The third-order valence-corrected chi connectivity index (χ3v) is 5.31. The molecular weight excluding hydrogens is 248 g/mol. The Morgan fingerprint density at radius 2 is 1.78 bits per heavy atom. The monoisotopic (exact) mass is 268 g/mol. The molecule has 0 heterocycles. The van der Waals surface area contributed by atoms with Crippen molar-refractivity contribution >= 4 is 15.7 Å². The fraction of sp³-hybridized carbons (Fsp3) is 0.538. The smallest absolute Gasteiger partial charge is 0.235 e. The van der Waals surface area contributed by atoms with Gasteiger partial charge in [0.2, 0.25) is 10.0 Å². The van der Waals surface area contributed by atoms with E-state index in [0.717, 1.165) is 31.2 Å². The molecule has 0 aromatic heterocycles. The van der Waals surface area contributed by atoms with E-state index in [9.17, 15) is 8.42 Å². The zero-order chi connectivity index (χ0) is 13.2. The summed E-state index contributed by atoms with van der Waals surface area (Å²) in [7, 11) is -3.23. The molecule has 1 aromatic carbocycles. The van der Waals surface area contributed by atoms with Crippen LogP contribution in [0.1, 0.15) is 44.2 Å². The SMILES string of the molecule is CC(N)c1ccc(NS(=O)(=O)C2CCCC2)cc1. The van der Waals surface area contributed by atoms with Gasteiger partial charge in [-0.05, 0) is 37.5 Å². The van der Waals surface area contributed by atoms with Crippen molar-refractivity contribution in [3.63, 3.8) is 0 Å². The van der Waals surface area contributed by atoms with E-state index in [0.29, 0.717) is 5.69 Å². The minimum Gasteiger partial charge on any atom is -0.324 e. The van der Waals surface area contributed by atoms with Crippen LogP contribution in [0.4, 0.5) is 5.69 Å². The fourth-order valence-corrected chi connectivity index (χ4v) is 3.89. The molecule has 2 rings (SSSR count). The van der Waals surface area contributed by atoms with Gasteiger partial charge in [-0.3, -0.25) is 4.72 Å². The maximum Gasteiger partial charge on any atom is 0.235 e. The first-order valence-corrected chi connectivity index (χ1v) is 7.91. The van der Waals surface area contributed by atoms with Crippen molar-refractivity contribution in [3.05, 3.63) is 29.8 Å². The van der Waals surface area contributed by atoms with Gasteiger partial charge in [0.25, 0.3) is 0 Å². The van der Waals surface area contributed by atoms with Crippen molar-refractivity contribution in [2.24, 2.45) is 5.73 Å². The third kappa shape index (κ3) is 3.03. The lowest BCUT2D eigenvalue weighted by Gasteiger charge is -2.14. The molecule has 0 aliphatic heterocycles. The average molecular weight is 268 g/mol. The average Bonchev–Trinajstić information content (AvgIpc) is 2.83. The summed E-state index contributed by atoms with van der Waals surface area (Å²) in [5.41, 5.74) is 7.37. The minimum absolute atomic E-state index is 0.0366. The molecule has 1 aliphatic rings. The van der Waals surface area contributed by atoms with Gasteiger partial charge in [-0.1, -0.05) is 25.0 Å². The van der Waals surface area contributed by atoms with Crippen LogP contribution < -0.4 is 10.5 Å². The predicted molar refractivity (Wildman–Crippen MR) is 73.8 cm³/mol. The highest BCUT2D eigenvalue weighted by molar-refractivity contribution is 7.93. The Bertz CT molecular complexity index is 488. The molecule has 3 N–H and O–H groups in total. The topological polar surface area (TPSA) is 72.2 Å². The summed E-state index contributed by atoms with van der Waals surface area (Å²) < 4.78 is 26.8. The second-order valence-electron chi connectivity index (χ2n) is 4.96.